The smallest absolute Gasteiger partial charge is 0.230 e. The van der Waals surface area contributed by atoms with Crippen molar-refractivity contribution in [1.29, 1.82) is 0 Å². The monoisotopic (exact) mass is 431 g/mol. The van der Waals surface area contributed by atoms with Crippen LogP contribution in [0.2, 0.25) is 5.02 Å². The Bertz CT molecular complexity index is 829. The van der Waals surface area contributed by atoms with Crippen LogP contribution in [0.1, 0.15) is 64.3 Å². The van der Waals surface area contributed by atoms with Crippen molar-refractivity contribution in [1.82, 2.24) is 14.9 Å². The topological polar surface area (TPSA) is 46.9 Å². The largest absolute Gasteiger partial charge is 0.352 e. The summed E-state index contributed by atoms with van der Waals surface area (Å²) in [5, 5.41) is 4.95. The van der Waals surface area contributed by atoms with Gasteiger partial charge in [0.25, 0.3) is 0 Å². The van der Waals surface area contributed by atoms with Gasteiger partial charge in [0.05, 0.1) is 17.6 Å². The SMILES string of the molecule is CC1CCCCC1NC(=O)CSc1ncc(-c2ccc(Cl)cc2)n1C1CCCC1. The van der Waals surface area contributed by atoms with Gasteiger partial charge >= 0.3 is 0 Å². The number of carbonyl (C=O) groups excluding carboxylic acids is 1. The second-order valence-electron chi connectivity index (χ2n) is 8.47. The van der Waals surface area contributed by atoms with Crippen molar-refractivity contribution in [3.63, 3.8) is 0 Å². The average Bonchev–Trinajstić information content (AvgIpc) is 3.38. The molecule has 1 heterocycles. The summed E-state index contributed by atoms with van der Waals surface area (Å²) >= 11 is 7.64. The number of amides is 1. The standard InChI is InChI=1S/C23H30ClN3OS/c1-16-6-2-5-9-20(16)26-22(28)15-29-23-25-14-21(17-10-12-18(24)13-11-17)27(23)19-7-3-4-8-19/h10-14,16,19-20H,2-9,15H2,1H3,(H,26,28). The summed E-state index contributed by atoms with van der Waals surface area (Å²) in [6.45, 7) is 2.25. The highest BCUT2D eigenvalue weighted by atomic mass is 35.5. The van der Waals surface area contributed by atoms with E-state index in [0.717, 1.165) is 27.9 Å². The Kier molecular flexibility index (Phi) is 6.86. The van der Waals surface area contributed by atoms with Gasteiger partial charge < -0.3 is 9.88 Å². The number of rotatable bonds is 6. The quantitative estimate of drug-likeness (QED) is 0.561. The number of hydrogen-bond donors (Lipinski definition) is 1. The van der Waals surface area contributed by atoms with E-state index >= 15 is 0 Å². The van der Waals surface area contributed by atoms with E-state index in [1.807, 2.05) is 18.3 Å². The van der Waals surface area contributed by atoms with Gasteiger partial charge in [-0.2, -0.15) is 0 Å². The average molecular weight is 432 g/mol. The number of nitrogens with one attached hydrogen (secondary N) is 1. The number of benzene rings is 1. The summed E-state index contributed by atoms with van der Waals surface area (Å²) in [6, 6.07) is 8.75. The zero-order valence-corrected chi connectivity index (χ0v) is 18.6. The molecular formula is C23H30ClN3OS. The van der Waals surface area contributed by atoms with Gasteiger partial charge in [0.2, 0.25) is 5.91 Å². The lowest BCUT2D eigenvalue weighted by atomic mass is 9.86. The third kappa shape index (κ3) is 5.00. The van der Waals surface area contributed by atoms with E-state index in [1.165, 1.54) is 44.9 Å². The number of nitrogens with zero attached hydrogens (tertiary/aromatic N) is 2. The third-order valence-electron chi connectivity index (χ3n) is 6.38. The molecular weight excluding hydrogens is 402 g/mol. The maximum atomic E-state index is 12.6. The first-order valence-corrected chi connectivity index (χ1v) is 12.2. The van der Waals surface area contributed by atoms with Gasteiger partial charge in [-0.15, -0.1) is 0 Å². The van der Waals surface area contributed by atoms with Gasteiger partial charge in [-0.25, -0.2) is 4.98 Å². The van der Waals surface area contributed by atoms with Crippen molar-refractivity contribution < 1.29 is 4.79 Å². The fraction of sp³-hybridized carbons (Fsp3) is 0.565. The second kappa shape index (κ2) is 9.57. The van der Waals surface area contributed by atoms with Crippen LogP contribution in [0.3, 0.4) is 0 Å². The molecule has 2 aliphatic carbocycles. The first kappa shape index (κ1) is 20.8. The van der Waals surface area contributed by atoms with Gasteiger partial charge in [-0.3, -0.25) is 4.79 Å². The molecule has 0 radical (unpaired) electrons. The van der Waals surface area contributed by atoms with Crippen molar-refractivity contribution in [2.75, 3.05) is 5.75 Å². The van der Waals surface area contributed by atoms with Gasteiger partial charge in [0.15, 0.2) is 5.16 Å². The van der Waals surface area contributed by atoms with E-state index in [1.54, 1.807) is 11.8 Å². The molecule has 4 nitrogen and oxygen atoms in total. The Labute approximate surface area is 182 Å². The molecule has 6 heteroatoms. The molecule has 1 aromatic heterocycles. The molecule has 0 aliphatic heterocycles. The van der Waals surface area contributed by atoms with Gasteiger partial charge in [0, 0.05) is 17.1 Å². The lowest BCUT2D eigenvalue weighted by Crippen LogP contribution is -2.41. The van der Waals surface area contributed by atoms with Crippen LogP contribution in [-0.2, 0) is 4.79 Å². The molecule has 2 fully saturated rings. The molecule has 2 aromatic rings. The van der Waals surface area contributed by atoms with Crippen molar-refractivity contribution >= 4 is 29.3 Å². The summed E-state index contributed by atoms with van der Waals surface area (Å²) in [5.41, 5.74) is 2.25. The minimum absolute atomic E-state index is 0.128. The number of aromatic nitrogens is 2. The highest BCUT2D eigenvalue weighted by Gasteiger charge is 2.25. The van der Waals surface area contributed by atoms with Gasteiger partial charge in [0.1, 0.15) is 0 Å². The van der Waals surface area contributed by atoms with Crippen LogP contribution in [0, 0.1) is 5.92 Å². The molecule has 2 aliphatic rings. The molecule has 156 valence electrons. The number of imidazole rings is 1. The van der Waals surface area contributed by atoms with E-state index in [2.05, 4.69) is 28.9 Å². The van der Waals surface area contributed by atoms with Crippen LogP contribution in [0.5, 0.6) is 0 Å². The van der Waals surface area contributed by atoms with Crippen molar-refractivity contribution in [3.8, 4) is 11.3 Å². The van der Waals surface area contributed by atoms with Crippen LogP contribution in [0.25, 0.3) is 11.3 Å². The minimum atomic E-state index is 0.128. The van der Waals surface area contributed by atoms with Crippen LogP contribution in [0.4, 0.5) is 0 Å². The molecule has 2 saturated carbocycles. The van der Waals surface area contributed by atoms with Crippen LogP contribution >= 0.6 is 23.4 Å². The first-order valence-electron chi connectivity index (χ1n) is 10.9. The summed E-state index contributed by atoms with van der Waals surface area (Å²) in [4.78, 5) is 17.3. The molecule has 2 unspecified atom stereocenters. The molecule has 2 atom stereocenters. The minimum Gasteiger partial charge on any atom is -0.352 e. The first-order chi connectivity index (χ1) is 14.1. The van der Waals surface area contributed by atoms with E-state index < -0.39 is 0 Å². The number of halogens is 1. The maximum Gasteiger partial charge on any atom is 0.230 e. The molecule has 4 rings (SSSR count). The number of hydrogen-bond acceptors (Lipinski definition) is 3. The van der Waals surface area contributed by atoms with Gasteiger partial charge in [-0.05, 0) is 49.3 Å². The Morgan fingerprint density at radius 2 is 1.83 bits per heavy atom. The fourth-order valence-electron chi connectivity index (χ4n) is 4.71. The molecule has 0 spiro atoms. The number of thioether (sulfide) groups is 1. The highest BCUT2D eigenvalue weighted by molar-refractivity contribution is 7.99. The van der Waals surface area contributed by atoms with Crippen molar-refractivity contribution in [3.05, 3.63) is 35.5 Å². The Morgan fingerprint density at radius 1 is 1.14 bits per heavy atom. The van der Waals surface area contributed by atoms with Crippen LogP contribution in [0.15, 0.2) is 35.6 Å². The lowest BCUT2D eigenvalue weighted by Gasteiger charge is -2.29. The Balaban J connectivity index is 1.48. The molecule has 0 saturated heterocycles. The van der Waals surface area contributed by atoms with Crippen LogP contribution < -0.4 is 5.32 Å². The summed E-state index contributed by atoms with van der Waals surface area (Å²) < 4.78 is 2.36. The predicted molar refractivity (Wildman–Crippen MR) is 120 cm³/mol. The second-order valence-corrected chi connectivity index (χ2v) is 9.84. The molecule has 1 amide bonds. The summed E-state index contributed by atoms with van der Waals surface area (Å²) in [7, 11) is 0. The molecule has 0 bridgehead atoms. The van der Waals surface area contributed by atoms with Crippen molar-refractivity contribution in [2.45, 2.75) is 75.5 Å². The maximum absolute atomic E-state index is 12.6. The van der Waals surface area contributed by atoms with E-state index in [0.29, 0.717) is 23.8 Å². The fourth-order valence-corrected chi connectivity index (χ4v) is 5.69. The molecule has 29 heavy (non-hydrogen) atoms. The number of carbonyl (C=O) groups is 1. The van der Waals surface area contributed by atoms with Gasteiger partial charge in [-0.1, -0.05) is 68.1 Å². The zero-order chi connectivity index (χ0) is 20.2. The Morgan fingerprint density at radius 3 is 2.55 bits per heavy atom. The van der Waals surface area contributed by atoms with Crippen LogP contribution in [-0.4, -0.2) is 27.3 Å². The van der Waals surface area contributed by atoms with Crippen molar-refractivity contribution in [2.24, 2.45) is 5.92 Å². The van der Waals surface area contributed by atoms with E-state index in [9.17, 15) is 4.79 Å². The Hall–Kier alpha value is -1.46. The molecule has 1 N–H and O–H groups in total. The summed E-state index contributed by atoms with van der Waals surface area (Å²) in [5.74, 6) is 1.13. The van der Waals surface area contributed by atoms with E-state index in [4.69, 9.17) is 16.6 Å². The normalized spacial score (nSPS) is 22.7. The third-order valence-corrected chi connectivity index (χ3v) is 7.60. The molecule has 1 aromatic carbocycles. The lowest BCUT2D eigenvalue weighted by molar-refractivity contribution is -0.119. The predicted octanol–water partition coefficient (Wildman–Crippen LogP) is 6.11. The zero-order valence-electron chi connectivity index (χ0n) is 17.1. The summed E-state index contributed by atoms with van der Waals surface area (Å²) in [6.07, 6.45) is 11.6. The van der Waals surface area contributed by atoms with E-state index in [-0.39, 0.29) is 5.91 Å². The highest BCUT2D eigenvalue weighted by Crippen LogP contribution is 2.37.